The van der Waals surface area contributed by atoms with E-state index < -0.39 is 0 Å². The molecule has 0 amide bonds. The molecule has 0 nitrogen and oxygen atoms in total. The van der Waals surface area contributed by atoms with Crippen LogP contribution in [0, 0.1) is 5.92 Å². The fourth-order valence-electron chi connectivity index (χ4n) is 1.11. The van der Waals surface area contributed by atoms with Gasteiger partial charge in [-0.1, -0.05) is 62.4 Å². The number of hydrogen-bond donors (Lipinski definition) is 0. The smallest absolute Gasteiger partial charge is 0.0190 e. The molecule has 0 bridgehead atoms. The SMILES string of the molecule is C=c1cccc/c1=C/C=C(\C)C(C)C. The van der Waals surface area contributed by atoms with E-state index in [2.05, 4.69) is 45.6 Å². The Morgan fingerprint density at radius 3 is 2.50 bits per heavy atom. The highest BCUT2D eigenvalue weighted by atomic mass is 14.0. The van der Waals surface area contributed by atoms with Gasteiger partial charge in [0.15, 0.2) is 0 Å². The lowest BCUT2D eigenvalue weighted by Gasteiger charge is -2.01. The molecular weight excluding hydrogens is 168 g/mol. The number of allylic oxidation sites excluding steroid dienone is 2. The predicted molar refractivity (Wildman–Crippen MR) is 64.3 cm³/mol. The second-order valence-corrected chi connectivity index (χ2v) is 3.93. The third kappa shape index (κ3) is 2.88. The molecule has 0 spiro atoms. The van der Waals surface area contributed by atoms with Gasteiger partial charge in [0.25, 0.3) is 0 Å². The van der Waals surface area contributed by atoms with Crippen LogP contribution in [0.2, 0.25) is 0 Å². The fourth-order valence-corrected chi connectivity index (χ4v) is 1.11. The summed E-state index contributed by atoms with van der Waals surface area (Å²) in [4.78, 5) is 0. The van der Waals surface area contributed by atoms with Gasteiger partial charge in [0.2, 0.25) is 0 Å². The van der Waals surface area contributed by atoms with E-state index >= 15 is 0 Å². The lowest BCUT2D eigenvalue weighted by Crippen LogP contribution is -2.21. The van der Waals surface area contributed by atoms with E-state index in [0.29, 0.717) is 5.92 Å². The average Bonchev–Trinajstić information content (AvgIpc) is 2.16. The first kappa shape index (κ1) is 10.8. The van der Waals surface area contributed by atoms with Gasteiger partial charge in [0.1, 0.15) is 0 Å². The monoisotopic (exact) mass is 186 g/mol. The molecule has 0 aliphatic carbocycles. The van der Waals surface area contributed by atoms with Gasteiger partial charge in [0.05, 0.1) is 0 Å². The lowest BCUT2D eigenvalue weighted by molar-refractivity contribution is 0.770. The molecule has 0 N–H and O–H groups in total. The molecule has 0 aromatic heterocycles. The molecule has 0 unspecified atom stereocenters. The van der Waals surface area contributed by atoms with Crippen LogP contribution in [-0.2, 0) is 0 Å². The van der Waals surface area contributed by atoms with Crippen molar-refractivity contribution >= 4 is 12.7 Å². The molecule has 0 saturated carbocycles. The summed E-state index contributed by atoms with van der Waals surface area (Å²) in [5.74, 6) is 0.614. The maximum atomic E-state index is 3.98. The topological polar surface area (TPSA) is 0 Å². The van der Waals surface area contributed by atoms with Crippen molar-refractivity contribution in [1.82, 2.24) is 0 Å². The summed E-state index contributed by atoms with van der Waals surface area (Å²) in [6.07, 6.45) is 4.31. The summed E-state index contributed by atoms with van der Waals surface area (Å²) in [7, 11) is 0. The van der Waals surface area contributed by atoms with Crippen LogP contribution in [0.4, 0.5) is 0 Å². The molecule has 0 atom stereocenters. The molecule has 0 aliphatic heterocycles. The van der Waals surface area contributed by atoms with Crippen molar-refractivity contribution in [3.63, 3.8) is 0 Å². The minimum atomic E-state index is 0.614. The standard InChI is InChI=1S/C14H18/c1-11(2)12(3)9-10-14-8-6-5-7-13(14)4/h5-11H,4H2,1-3H3/b12-9+,14-10-. The first-order valence-electron chi connectivity index (χ1n) is 5.03. The van der Waals surface area contributed by atoms with E-state index in [4.69, 9.17) is 0 Å². The summed E-state index contributed by atoms with van der Waals surface area (Å²) in [5.41, 5.74) is 1.40. The summed E-state index contributed by atoms with van der Waals surface area (Å²) >= 11 is 0. The maximum Gasteiger partial charge on any atom is -0.0190 e. The van der Waals surface area contributed by atoms with Gasteiger partial charge < -0.3 is 0 Å². The van der Waals surface area contributed by atoms with Crippen LogP contribution >= 0.6 is 0 Å². The van der Waals surface area contributed by atoms with Gasteiger partial charge in [-0.25, -0.2) is 0 Å². The van der Waals surface area contributed by atoms with Crippen molar-refractivity contribution in [3.8, 4) is 0 Å². The van der Waals surface area contributed by atoms with Crippen molar-refractivity contribution in [3.05, 3.63) is 46.4 Å². The Morgan fingerprint density at radius 1 is 1.29 bits per heavy atom. The van der Waals surface area contributed by atoms with E-state index in [1.54, 1.807) is 0 Å². The van der Waals surface area contributed by atoms with Crippen LogP contribution in [-0.4, -0.2) is 0 Å². The summed E-state index contributed by atoms with van der Waals surface area (Å²) in [6.45, 7) is 10.6. The van der Waals surface area contributed by atoms with Gasteiger partial charge >= 0.3 is 0 Å². The molecule has 0 fully saturated rings. The molecule has 1 rings (SSSR count). The van der Waals surface area contributed by atoms with Gasteiger partial charge in [-0.2, -0.15) is 0 Å². The molecule has 0 saturated heterocycles. The Hall–Kier alpha value is -1.30. The number of benzene rings is 1. The maximum absolute atomic E-state index is 3.98. The van der Waals surface area contributed by atoms with Crippen molar-refractivity contribution in [2.75, 3.05) is 0 Å². The third-order valence-corrected chi connectivity index (χ3v) is 2.49. The largest absolute Gasteiger partial charge is 0.0912 e. The Bertz CT molecular complexity index is 422. The van der Waals surface area contributed by atoms with Gasteiger partial charge in [-0.15, -0.1) is 0 Å². The molecule has 0 radical (unpaired) electrons. The molecule has 74 valence electrons. The van der Waals surface area contributed by atoms with Crippen LogP contribution in [0.5, 0.6) is 0 Å². The molecule has 14 heavy (non-hydrogen) atoms. The van der Waals surface area contributed by atoms with Crippen LogP contribution in [0.3, 0.4) is 0 Å². The minimum Gasteiger partial charge on any atom is -0.0912 e. The van der Waals surface area contributed by atoms with Crippen LogP contribution in [0.1, 0.15) is 20.8 Å². The van der Waals surface area contributed by atoms with E-state index in [9.17, 15) is 0 Å². The molecular formula is C14H18. The van der Waals surface area contributed by atoms with E-state index in [1.807, 2.05) is 18.2 Å². The number of rotatable bonds is 2. The van der Waals surface area contributed by atoms with E-state index in [0.717, 1.165) is 5.22 Å². The Labute approximate surface area is 86.3 Å². The van der Waals surface area contributed by atoms with Gasteiger partial charge in [-0.05, 0) is 23.3 Å². The van der Waals surface area contributed by atoms with Crippen LogP contribution < -0.4 is 10.4 Å². The first-order valence-corrected chi connectivity index (χ1v) is 5.03. The van der Waals surface area contributed by atoms with Crippen LogP contribution in [0.25, 0.3) is 12.7 Å². The Morgan fingerprint density at radius 2 is 1.93 bits per heavy atom. The van der Waals surface area contributed by atoms with Gasteiger partial charge in [-0.3, -0.25) is 0 Å². The van der Waals surface area contributed by atoms with E-state index in [1.165, 1.54) is 10.8 Å². The third-order valence-electron chi connectivity index (χ3n) is 2.49. The predicted octanol–water partition coefficient (Wildman–Crippen LogP) is 2.48. The fraction of sp³-hybridized carbons (Fsp3) is 0.286. The van der Waals surface area contributed by atoms with Crippen molar-refractivity contribution in [2.45, 2.75) is 20.8 Å². The minimum absolute atomic E-state index is 0.614. The highest BCUT2D eigenvalue weighted by molar-refractivity contribution is 5.40. The molecule has 0 heterocycles. The summed E-state index contributed by atoms with van der Waals surface area (Å²) in [6, 6.07) is 8.18. The van der Waals surface area contributed by atoms with Gasteiger partial charge in [0, 0.05) is 0 Å². The quantitative estimate of drug-likeness (QED) is 0.665. The second kappa shape index (κ2) is 4.80. The van der Waals surface area contributed by atoms with Crippen molar-refractivity contribution in [1.29, 1.82) is 0 Å². The molecule has 0 aliphatic rings. The zero-order chi connectivity index (χ0) is 10.6. The van der Waals surface area contributed by atoms with Crippen molar-refractivity contribution < 1.29 is 0 Å². The highest BCUT2D eigenvalue weighted by Crippen LogP contribution is 2.06. The second-order valence-electron chi connectivity index (χ2n) is 3.93. The zero-order valence-corrected chi connectivity index (χ0v) is 9.25. The molecule has 1 aromatic carbocycles. The first-order chi connectivity index (χ1) is 6.61. The van der Waals surface area contributed by atoms with E-state index in [-0.39, 0.29) is 0 Å². The summed E-state index contributed by atoms with van der Waals surface area (Å²) < 4.78 is 0. The lowest BCUT2D eigenvalue weighted by atomic mass is 10.0. The Balaban J connectivity index is 3.07. The Kier molecular flexibility index (Phi) is 3.70. The molecule has 0 heteroatoms. The highest BCUT2D eigenvalue weighted by Gasteiger charge is 1.92. The number of hydrogen-bond acceptors (Lipinski definition) is 0. The zero-order valence-electron chi connectivity index (χ0n) is 9.25. The molecule has 1 aromatic rings. The average molecular weight is 186 g/mol. The summed E-state index contributed by atoms with van der Waals surface area (Å²) in [5, 5.41) is 2.29. The van der Waals surface area contributed by atoms with Crippen molar-refractivity contribution in [2.24, 2.45) is 5.92 Å². The normalized spacial score (nSPS) is 13.7. The van der Waals surface area contributed by atoms with Crippen LogP contribution in [0.15, 0.2) is 35.9 Å².